The van der Waals surface area contributed by atoms with Crippen LogP contribution in [0.5, 0.6) is 5.75 Å². The van der Waals surface area contributed by atoms with E-state index >= 15 is 0 Å². The first-order valence-electron chi connectivity index (χ1n) is 10.1. The lowest BCUT2D eigenvalue weighted by Gasteiger charge is -2.36. The van der Waals surface area contributed by atoms with E-state index in [1.807, 2.05) is 13.8 Å². The maximum absolute atomic E-state index is 13.0. The van der Waals surface area contributed by atoms with Gasteiger partial charge in [-0.25, -0.2) is 9.18 Å². The Hall–Kier alpha value is -2.86. The van der Waals surface area contributed by atoms with E-state index in [1.54, 1.807) is 12.1 Å². The van der Waals surface area contributed by atoms with Crippen LogP contribution in [0, 0.1) is 25.6 Å². The first-order valence-corrected chi connectivity index (χ1v) is 10.5. The van der Waals surface area contributed by atoms with Crippen LogP contribution in [-0.4, -0.2) is 24.0 Å². The molecule has 2 aromatic carbocycles. The number of halogens is 2. The number of carbonyl (C=O) groups excluding carboxylic acids is 2. The normalized spacial score (nSPS) is 22.8. The van der Waals surface area contributed by atoms with Gasteiger partial charge < -0.3 is 14.2 Å². The maximum Gasteiger partial charge on any atom is 0.338 e. The zero-order valence-corrected chi connectivity index (χ0v) is 17.9. The lowest BCUT2D eigenvalue weighted by molar-refractivity contribution is -0.132. The van der Waals surface area contributed by atoms with Crippen molar-refractivity contribution in [3.8, 4) is 5.75 Å². The van der Waals surface area contributed by atoms with Crippen LogP contribution in [0.3, 0.4) is 0 Å². The standard InChI is InChI=1S/C24H22ClFO5/c1-13-9-18(10-14(2)22(13)25)30-21-12-29-20-11-17(7-8-19(20)23(21)27)31-24(28)15-3-5-16(26)6-4-15/h3-6,9-10,12,17,19-20H,7-8,11H2,1-2H3. The van der Waals surface area contributed by atoms with E-state index in [1.165, 1.54) is 30.5 Å². The number of fused-ring (bicyclic) bond motifs is 1. The number of carbonyl (C=O) groups is 2. The number of ether oxygens (including phenoxy) is 3. The summed E-state index contributed by atoms with van der Waals surface area (Å²) in [7, 11) is 0. The van der Waals surface area contributed by atoms with Crippen molar-refractivity contribution in [3.05, 3.63) is 75.9 Å². The van der Waals surface area contributed by atoms with Crippen molar-refractivity contribution < 1.29 is 28.2 Å². The molecule has 0 bridgehead atoms. The SMILES string of the molecule is Cc1cc(OC2=COC3CC(OC(=O)c4ccc(F)cc4)CCC3C2=O)cc(C)c1Cl. The van der Waals surface area contributed by atoms with Gasteiger partial charge in [-0.15, -0.1) is 0 Å². The Labute approximate surface area is 184 Å². The van der Waals surface area contributed by atoms with E-state index < -0.39 is 11.8 Å². The molecule has 2 aromatic rings. The average molecular weight is 445 g/mol. The van der Waals surface area contributed by atoms with Crippen LogP contribution in [0.2, 0.25) is 5.02 Å². The molecule has 0 radical (unpaired) electrons. The summed E-state index contributed by atoms with van der Waals surface area (Å²) in [5.41, 5.74) is 2.01. The molecule has 162 valence electrons. The summed E-state index contributed by atoms with van der Waals surface area (Å²) in [5.74, 6) is -0.717. The Morgan fingerprint density at radius 2 is 1.81 bits per heavy atom. The number of allylic oxidation sites excluding steroid dienone is 1. The second-order valence-electron chi connectivity index (χ2n) is 7.95. The monoisotopic (exact) mass is 444 g/mol. The molecule has 0 amide bonds. The van der Waals surface area contributed by atoms with Gasteiger partial charge in [0.1, 0.15) is 30.0 Å². The number of hydrogen-bond acceptors (Lipinski definition) is 5. The summed E-state index contributed by atoms with van der Waals surface area (Å²) in [6, 6.07) is 8.76. The summed E-state index contributed by atoms with van der Waals surface area (Å²) in [6.07, 6.45) is 2.05. The van der Waals surface area contributed by atoms with Crippen molar-refractivity contribution >= 4 is 23.4 Å². The molecule has 3 atom stereocenters. The molecule has 0 aromatic heterocycles. The van der Waals surface area contributed by atoms with Crippen LogP contribution < -0.4 is 4.74 Å². The van der Waals surface area contributed by atoms with Gasteiger partial charge in [0.25, 0.3) is 0 Å². The molecule has 1 heterocycles. The van der Waals surface area contributed by atoms with Crippen molar-refractivity contribution in [3.63, 3.8) is 0 Å². The highest BCUT2D eigenvalue weighted by Crippen LogP contribution is 2.36. The molecule has 5 nitrogen and oxygen atoms in total. The van der Waals surface area contributed by atoms with Crippen LogP contribution in [-0.2, 0) is 14.3 Å². The minimum absolute atomic E-state index is 0.121. The largest absolute Gasteiger partial charge is 0.493 e. The average Bonchev–Trinajstić information content (AvgIpc) is 2.74. The Bertz CT molecular complexity index is 1020. The number of esters is 1. The molecule has 0 N–H and O–H groups in total. The third-order valence-corrected chi connectivity index (χ3v) is 6.26. The minimum atomic E-state index is -0.515. The predicted molar refractivity (Wildman–Crippen MR) is 112 cm³/mol. The first kappa shape index (κ1) is 21.4. The number of ketones is 1. The van der Waals surface area contributed by atoms with Gasteiger partial charge in [-0.05, 0) is 74.2 Å². The van der Waals surface area contributed by atoms with Crippen molar-refractivity contribution in [2.75, 3.05) is 0 Å². The molecule has 7 heteroatoms. The molecular weight excluding hydrogens is 423 g/mol. The molecule has 1 aliphatic carbocycles. The van der Waals surface area contributed by atoms with E-state index in [2.05, 4.69) is 0 Å². The van der Waals surface area contributed by atoms with E-state index in [0.29, 0.717) is 30.0 Å². The third kappa shape index (κ3) is 4.59. The number of rotatable bonds is 4. The van der Waals surface area contributed by atoms with Crippen molar-refractivity contribution in [1.29, 1.82) is 0 Å². The van der Waals surface area contributed by atoms with Gasteiger partial charge in [-0.1, -0.05) is 11.6 Å². The van der Waals surface area contributed by atoms with E-state index in [0.717, 1.165) is 11.1 Å². The lowest BCUT2D eigenvalue weighted by atomic mass is 9.80. The van der Waals surface area contributed by atoms with Crippen molar-refractivity contribution in [2.24, 2.45) is 5.92 Å². The molecule has 0 spiro atoms. The molecule has 31 heavy (non-hydrogen) atoms. The molecule has 4 rings (SSSR count). The Kier molecular flexibility index (Phi) is 6.01. The quantitative estimate of drug-likeness (QED) is 0.598. The molecule has 1 fully saturated rings. The summed E-state index contributed by atoms with van der Waals surface area (Å²) in [4.78, 5) is 25.2. The van der Waals surface area contributed by atoms with Crippen LogP contribution in [0.1, 0.15) is 40.7 Å². The van der Waals surface area contributed by atoms with E-state index in [-0.39, 0.29) is 35.2 Å². The second-order valence-corrected chi connectivity index (χ2v) is 8.33. The van der Waals surface area contributed by atoms with E-state index in [4.69, 9.17) is 25.8 Å². The van der Waals surface area contributed by atoms with Gasteiger partial charge in [0.2, 0.25) is 11.5 Å². The number of benzene rings is 2. The van der Waals surface area contributed by atoms with Gasteiger partial charge in [0.15, 0.2) is 0 Å². The minimum Gasteiger partial charge on any atom is -0.493 e. The maximum atomic E-state index is 13.0. The Morgan fingerprint density at radius 1 is 1.13 bits per heavy atom. The second kappa shape index (κ2) is 8.71. The fraction of sp³-hybridized carbons (Fsp3) is 0.333. The van der Waals surface area contributed by atoms with Crippen molar-refractivity contribution in [2.45, 2.75) is 45.3 Å². The smallest absolute Gasteiger partial charge is 0.338 e. The summed E-state index contributed by atoms with van der Waals surface area (Å²) < 4.78 is 30.2. The molecule has 1 aliphatic heterocycles. The number of Topliss-reactive ketones (excluding diaryl/α,β-unsaturated/α-hetero) is 1. The highest BCUT2D eigenvalue weighted by molar-refractivity contribution is 6.32. The fourth-order valence-electron chi connectivity index (χ4n) is 4.01. The van der Waals surface area contributed by atoms with Gasteiger partial charge in [0.05, 0.1) is 11.5 Å². The predicted octanol–water partition coefficient (Wildman–Crippen LogP) is 5.31. The summed E-state index contributed by atoms with van der Waals surface area (Å²) in [5, 5.41) is 0.668. The Balaban J connectivity index is 1.40. The fourth-order valence-corrected chi connectivity index (χ4v) is 4.12. The van der Waals surface area contributed by atoms with Crippen molar-refractivity contribution in [1.82, 2.24) is 0 Å². The van der Waals surface area contributed by atoms with E-state index in [9.17, 15) is 14.0 Å². The van der Waals surface area contributed by atoms with Gasteiger partial charge >= 0.3 is 5.97 Å². The zero-order chi connectivity index (χ0) is 22.1. The highest BCUT2D eigenvalue weighted by Gasteiger charge is 2.42. The topological polar surface area (TPSA) is 61.8 Å². The molecule has 1 saturated carbocycles. The van der Waals surface area contributed by atoms with Gasteiger partial charge in [-0.2, -0.15) is 0 Å². The molecule has 0 saturated heterocycles. The number of aryl methyl sites for hydroxylation is 2. The zero-order valence-electron chi connectivity index (χ0n) is 17.2. The molecular formula is C24H22ClFO5. The lowest BCUT2D eigenvalue weighted by Crippen LogP contribution is -2.43. The van der Waals surface area contributed by atoms with Crippen LogP contribution in [0.4, 0.5) is 4.39 Å². The number of hydrogen-bond donors (Lipinski definition) is 0. The Morgan fingerprint density at radius 3 is 2.48 bits per heavy atom. The van der Waals surface area contributed by atoms with Crippen LogP contribution in [0.15, 0.2) is 48.4 Å². The van der Waals surface area contributed by atoms with Gasteiger partial charge in [-0.3, -0.25) is 4.79 Å². The molecule has 3 unspecified atom stereocenters. The van der Waals surface area contributed by atoms with Gasteiger partial charge in [0, 0.05) is 11.4 Å². The third-order valence-electron chi connectivity index (χ3n) is 5.66. The summed E-state index contributed by atoms with van der Waals surface area (Å²) >= 11 is 6.19. The first-order chi connectivity index (χ1) is 14.8. The highest BCUT2D eigenvalue weighted by atomic mass is 35.5. The van der Waals surface area contributed by atoms with Crippen LogP contribution in [0.25, 0.3) is 0 Å². The summed E-state index contributed by atoms with van der Waals surface area (Å²) in [6.45, 7) is 3.75. The molecule has 2 aliphatic rings. The van der Waals surface area contributed by atoms with Crippen LogP contribution >= 0.6 is 11.6 Å².